The Morgan fingerprint density at radius 3 is 2.65 bits per heavy atom. The van der Waals surface area contributed by atoms with E-state index in [0.29, 0.717) is 18.4 Å². The van der Waals surface area contributed by atoms with Crippen molar-refractivity contribution in [2.45, 2.75) is 37.7 Å². The zero-order valence-corrected chi connectivity index (χ0v) is 11.3. The van der Waals surface area contributed by atoms with Crippen LogP contribution in [-0.2, 0) is 15.1 Å². The Kier molecular flexibility index (Phi) is 3.95. The fraction of sp³-hybridized carbons (Fsp3) is 0.471. The van der Waals surface area contributed by atoms with Crippen LogP contribution in [0, 0.1) is 18.3 Å². The van der Waals surface area contributed by atoms with Crippen LogP contribution in [0.5, 0.6) is 0 Å². The Morgan fingerprint density at radius 1 is 1.40 bits per heavy atom. The van der Waals surface area contributed by atoms with Gasteiger partial charge in [-0.05, 0) is 18.4 Å². The van der Waals surface area contributed by atoms with Crippen LogP contribution in [0.4, 0.5) is 0 Å². The summed E-state index contributed by atoms with van der Waals surface area (Å²) in [5.41, 5.74) is -1.45. The van der Waals surface area contributed by atoms with E-state index in [4.69, 9.17) is 13.9 Å². The van der Waals surface area contributed by atoms with Gasteiger partial charge in [-0.15, -0.1) is 6.42 Å². The summed E-state index contributed by atoms with van der Waals surface area (Å²) in [6.45, 7) is -2.53. The fourth-order valence-corrected chi connectivity index (χ4v) is 2.89. The van der Waals surface area contributed by atoms with E-state index in [2.05, 4.69) is 0 Å². The number of hydrogen-bond acceptors (Lipinski definition) is 3. The Morgan fingerprint density at radius 2 is 2.05 bits per heavy atom. The third-order valence-corrected chi connectivity index (χ3v) is 3.92. The highest BCUT2D eigenvalue weighted by atomic mass is 16.5. The van der Waals surface area contributed by atoms with Crippen molar-refractivity contribution in [3.63, 3.8) is 0 Å². The molecule has 1 unspecified atom stereocenters. The third-order valence-electron chi connectivity index (χ3n) is 3.92. The molecule has 2 rings (SSSR count). The molecule has 1 aromatic carbocycles. The maximum atomic E-state index is 12.5. The lowest BCUT2D eigenvalue weighted by Gasteiger charge is -2.36. The maximum Gasteiger partial charge on any atom is 0.344 e. The maximum absolute atomic E-state index is 12.5. The van der Waals surface area contributed by atoms with Crippen molar-refractivity contribution in [1.29, 1.82) is 0 Å². The first-order chi connectivity index (χ1) is 10.4. The van der Waals surface area contributed by atoms with Gasteiger partial charge in [0, 0.05) is 5.92 Å². The molecule has 0 aromatic heterocycles. The van der Waals surface area contributed by atoms with Crippen LogP contribution in [0.25, 0.3) is 0 Å². The average Bonchev–Trinajstić information content (AvgIpc) is 2.55. The van der Waals surface area contributed by atoms with E-state index in [1.54, 1.807) is 36.3 Å². The number of hydrogen-bond donors (Lipinski definition) is 1. The SMILES string of the molecule is [2H]C([2H])(C#C)OC(=O)C(O)(c1ccccc1)C1CCCCC1. The monoisotopic (exact) mass is 274 g/mol. The van der Waals surface area contributed by atoms with Gasteiger partial charge in [0.2, 0.25) is 0 Å². The quantitative estimate of drug-likeness (QED) is 0.678. The van der Waals surface area contributed by atoms with E-state index in [9.17, 15) is 9.90 Å². The lowest BCUT2D eigenvalue weighted by atomic mass is 9.73. The highest BCUT2D eigenvalue weighted by Gasteiger charge is 2.46. The number of carbonyl (C=O) groups is 1. The summed E-state index contributed by atoms with van der Waals surface area (Å²) in [6.07, 6.45) is 9.34. The van der Waals surface area contributed by atoms with Crippen molar-refractivity contribution >= 4 is 5.97 Å². The van der Waals surface area contributed by atoms with Crippen molar-refractivity contribution < 1.29 is 17.4 Å². The van der Waals surface area contributed by atoms with E-state index < -0.39 is 18.1 Å². The zero-order valence-electron chi connectivity index (χ0n) is 13.3. The number of esters is 1. The minimum atomic E-state index is -2.53. The summed E-state index contributed by atoms with van der Waals surface area (Å²) in [5, 5.41) is 11.1. The molecule has 1 aliphatic rings. The molecule has 1 aromatic rings. The number of benzene rings is 1. The van der Waals surface area contributed by atoms with Gasteiger partial charge in [0.05, 0.1) is 2.74 Å². The Hall–Kier alpha value is -1.79. The molecule has 0 amide bonds. The van der Waals surface area contributed by atoms with Crippen molar-refractivity contribution in [2.24, 2.45) is 5.92 Å². The van der Waals surface area contributed by atoms with Crippen LogP contribution in [0.1, 0.15) is 40.4 Å². The van der Waals surface area contributed by atoms with E-state index in [-0.39, 0.29) is 5.92 Å². The molecule has 1 saturated carbocycles. The molecule has 3 heteroatoms. The first-order valence-electron chi connectivity index (χ1n) is 7.89. The summed E-state index contributed by atoms with van der Waals surface area (Å²) in [4.78, 5) is 12.5. The topological polar surface area (TPSA) is 46.5 Å². The summed E-state index contributed by atoms with van der Waals surface area (Å²) in [7, 11) is 0. The number of carbonyl (C=O) groups excluding carboxylic acids is 1. The van der Waals surface area contributed by atoms with Gasteiger partial charge in [-0.3, -0.25) is 0 Å². The number of terminal acetylenes is 1. The Labute approximate surface area is 122 Å². The van der Waals surface area contributed by atoms with Gasteiger partial charge in [0.1, 0.15) is 0 Å². The van der Waals surface area contributed by atoms with Crippen molar-refractivity contribution in [2.75, 3.05) is 6.56 Å². The van der Waals surface area contributed by atoms with E-state index in [0.717, 1.165) is 19.3 Å². The van der Waals surface area contributed by atoms with Gasteiger partial charge in [0.25, 0.3) is 0 Å². The molecule has 1 fully saturated rings. The van der Waals surface area contributed by atoms with Crippen LogP contribution >= 0.6 is 0 Å². The summed E-state index contributed by atoms with van der Waals surface area (Å²) >= 11 is 0. The number of aliphatic hydroxyl groups is 1. The second-order valence-corrected chi connectivity index (χ2v) is 5.10. The minimum absolute atomic E-state index is 0.301. The second-order valence-electron chi connectivity index (χ2n) is 5.10. The zero-order chi connectivity index (χ0) is 16.2. The first-order valence-corrected chi connectivity index (χ1v) is 6.89. The lowest BCUT2D eigenvalue weighted by Crippen LogP contribution is -2.45. The fourth-order valence-electron chi connectivity index (χ4n) is 2.89. The van der Waals surface area contributed by atoms with Gasteiger partial charge in [-0.2, -0.15) is 0 Å². The molecule has 3 nitrogen and oxygen atoms in total. The summed E-state index contributed by atoms with van der Waals surface area (Å²) in [5.74, 6) is 0.457. The molecular weight excluding hydrogens is 252 g/mol. The van der Waals surface area contributed by atoms with Gasteiger partial charge in [-0.25, -0.2) is 4.79 Å². The standard InChI is InChI=1S/C17H20O3/c1-2-13-20-16(18)17(19,14-9-5-3-6-10-14)15-11-7-4-8-12-15/h1,3,5-6,9-10,15,19H,4,7-8,11-13H2/i13D2. The predicted octanol–water partition coefficient (Wildman–Crippen LogP) is 2.63. The van der Waals surface area contributed by atoms with Crippen LogP contribution in [0.2, 0.25) is 0 Å². The molecule has 0 aliphatic heterocycles. The molecule has 0 saturated heterocycles. The highest BCUT2D eigenvalue weighted by Crippen LogP contribution is 2.40. The van der Waals surface area contributed by atoms with Crippen LogP contribution < -0.4 is 0 Å². The van der Waals surface area contributed by atoms with Crippen molar-refractivity contribution in [3.8, 4) is 12.3 Å². The molecule has 20 heavy (non-hydrogen) atoms. The number of rotatable bonds is 4. The average molecular weight is 274 g/mol. The van der Waals surface area contributed by atoms with Crippen LogP contribution in [-0.4, -0.2) is 17.6 Å². The molecule has 1 N–H and O–H groups in total. The lowest BCUT2D eigenvalue weighted by molar-refractivity contribution is -0.174. The van der Waals surface area contributed by atoms with Gasteiger partial charge in [0.15, 0.2) is 12.2 Å². The largest absolute Gasteiger partial charge is 0.450 e. The summed E-state index contributed by atoms with van der Waals surface area (Å²) in [6, 6.07) is 8.55. The molecule has 1 atom stereocenters. The van der Waals surface area contributed by atoms with E-state index in [1.807, 2.05) is 0 Å². The molecule has 0 heterocycles. The first kappa shape index (κ1) is 12.0. The van der Waals surface area contributed by atoms with Crippen molar-refractivity contribution in [1.82, 2.24) is 0 Å². The third kappa shape index (κ3) is 2.86. The van der Waals surface area contributed by atoms with Crippen LogP contribution in [0.3, 0.4) is 0 Å². The molecule has 0 radical (unpaired) electrons. The van der Waals surface area contributed by atoms with Gasteiger partial charge in [-0.1, -0.05) is 55.5 Å². The highest BCUT2D eigenvalue weighted by molar-refractivity contribution is 5.81. The normalized spacial score (nSPS) is 21.0. The van der Waals surface area contributed by atoms with Gasteiger partial charge >= 0.3 is 5.97 Å². The second kappa shape index (κ2) is 6.58. The van der Waals surface area contributed by atoms with E-state index >= 15 is 0 Å². The van der Waals surface area contributed by atoms with Gasteiger partial charge < -0.3 is 9.84 Å². The smallest absolute Gasteiger partial charge is 0.344 e. The molecule has 0 spiro atoms. The Bertz CT molecular complexity index is 559. The Balaban J connectivity index is 2.37. The summed E-state index contributed by atoms with van der Waals surface area (Å²) < 4.78 is 19.6. The van der Waals surface area contributed by atoms with E-state index in [1.165, 1.54) is 0 Å². The predicted molar refractivity (Wildman–Crippen MR) is 76.7 cm³/mol. The molecule has 0 bridgehead atoms. The molecule has 1 aliphatic carbocycles. The molecule has 106 valence electrons. The molecular formula is C17H20O3. The minimum Gasteiger partial charge on any atom is -0.450 e. The number of ether oxygens (including phenoxy) is 1. The van der Waals surface area contributed by atoms with Crippen LogP contribution in [0.15, 0.2) is 30.3 Å². The van der Waals surface area contributed by atoms with Crippen molar-refractivity contribution in [3.05, 3.63) is 35.9 Å².